The first kappa shape index (κ1) is 8.78. The minimum atomic E-state index is 0.456. The van der Waals surface area contributed by atoms with E-state index in [1.165, 1.54) is 0 Å². The van der Waals surface area contributed by atoms with E-state index in [1.54, 1.807) is 6.07 Å². The lowest BCUT2D eigenvalue weighted by Gasteiger charge is -2.03. The van der Waals surface area contributed by atoms with E-state index in [9.17, 15) is 0 Å². The van der Waals surface area contributed by atoms with Crippen molar-refractivity contribution in [2.24, 2.45) is 0 Å². The van der Waals surface area contributed by atoms with Gasteiger partial charge in [0.2, 0.25) is 0 Å². The Morgan fingerprint density at radius 1 is 1.23 bits per heavy atom. The van der Waals surface area contributed by atoms with Gasteiger partial charge in [-0.25, -0.2) is 4.98 Å². The van der Waals surface area contributed by atoms with E-state index in [4.69, 9.17) is 17.3 Å². The standard InChI is InChI=1S/C9H6BrClN2/c10-6-3-1-5-2-4-7(11)13-9(5)8(6)12/h1-4H,12H2. The Kier molecular flexibility index (Phi) is 2.14. The topological polar surface area (TPSA) is 38.9 Å². The van der Waals surface area contributed by atoms with Crippen molar-refractivity contribution in [1.29, 1.82) is 0 Å². The molecule has 0 fully saturated rings. The fourth-order valence-electron chi connectivity index (χ4n) is 1.16. The molecule has 13 heavy (non-hydrogen) atoms. The number of hydrogen-bond acceptors (Lipinski definition) is 2. The number of nitrogens with two attached hydrogens (primary N) is 1. The van der Waals surface area contributed by atoms with Crippen LogP contribution in [0.15, 0.2) is 28.7 Å². The molecule has 0 atom stereocenters. The minimum absolute atomic E-state index is 0.456. The van der Waals surface area contributed by atoms with E-state index in [0.717, 1.165) is 15.4 Å². The average Bonchev–Trinajstić information content (AvgIpc) is 2.12. The number of fused-ring (bicyclic) bond motifs is 1. The molecule has 4 heteroatoms. The summed E-state index contributed by atoms with van der Waals surface area (Å²) in [6, 6.07) is 7.48. The van der Waals surface area contributed by atoms with Gasteiger partial charge in [-0.3, -0.25) is 0 Å². The van der Waals surface area contributed by atoms with Crippen LogP contribution < -0.4 is 5.73 Å². The molecule has 0 saturated heterocycles. The number of nitrogens with zero attached hydrogens (tertiary/aromatic N) is 1. The summed E-state index contributed by atoms with van der Waals surface area (Å²) in [7, 11) is 0. The zero-order valence-electron chi connectivity index (χ0n) is 6.59. The van der Waals surface area contributed by atoms with Gasteiger partial charge in [0.15, 0.2) is 0 Å². The summed E-state index contributed by atoms with van der Waals surface area (Å²) in [5, 5.41) is 1.45. The molecule has 0 bridgehead atoms. The Hall–Kier alpha value is -0.800. The zero-order chi connectivity index (χ0) is 9.42. The molecule has 0 spiro atoms. The van der Waals surface area contributed by atoms with E-state index >= 15 is 0 Å². The number of anilines is 1. The summed E-state index contributed by atoms with van der Waals surface area (Å²) in [6.45, 7) is 0. The van der Waals surface area contributed by atoms with Gasteiger partial charge in [-0.15, -0.1) is 0 Å². The van der Waals surface area contributed by atoms with Crippen LogP contribution in [-0.2, 0) is 0 Å². The molecule has 0 amide bonds. The van der Waals surface area contributed by atoms with E-state index in [0.29, 0.717) is 10.8 Å². The maximum absolute atomic E-state index is 5.82. The van der Waals surface area contributed by atoms with E-state index in [-0.39, 0.29) is 0 Å². The fraction of sp³-hybridized carbons (Fsp3) is 0. The number of benzene rings is 1. The highest BCUT2D eigenvalue weighted by Gasteiger charge is 2.03. The van der Waals surface area contributed by atoms with Crippen LogP contribution in [0.25, 0.3) is 10.9 Å². The molecule has 1 aromatic carbocycles. The maximum Gasteiger partial charge on any atom is 0.129 e. The number of nitrogen functional groups attached to an aromatic ring is 1. The number of rotatable bonds is 0. The van der Waals surface area contributed by atoms with Crippen molar-refractivity contribution in [2.75, 3.05) is 5.73 Å². The molecule has 2 N–H and O–H groups in total. The average molecular weight is 258 g/mol. The molecule has 0 saturated carbocycles. The molecule has 0 aliphatic rings. The van der Waals surface area contributed by atoms with Gasteiger partial charge >= 0.3 is 0 Å². The summed E-state index contributed by atoms with van der Waals surface area (Å²) in [5.74, 6) is 0. The van der Waals surface area contributed by atoms with Gasteiger partial charge in [0, 0.05) is 9.86 Å². The molecule has 2 aromatic rings. The molecule has 2 rings (SSSR count). The number of halogens is 2. The quantitative estimate of drug-likeness (QED) is 0.581. The molecule has 66 valence electrons. The minimum Gasteiger partial charge on any atom is -0.396 e. The van der Waals surface area contributed by atoms with Crippen molar-refractivity contribution in [3.63, 3.8) is 0 Å². The van der Waals surface area contributed by atoms with E-state index < -0.39 is 0 Å². The van der Waals surface area contributed by atoms with Gasteiger partial charge in [-0.1, -0.05) is 17.7 Å². The molecule has 0 aliphatic carbocycles. The first-order valence-corrected chi connectivity index (χ1v) is 4.86. The summed E-state index contributed by atoms with van der Waals surface area (Å²) in [4.78, 5) is 4.15. The van der Waals surface area contributed by atoms with Crippen molar-refractivity contribution >= 4 is 44.1 Å². The monoisotopic (exact) mass is 256 g/mol. The van der Waals surface area contributed by atoms with Crippen LogP contribution in [0.2, 0.25) is 5.15 Å². The smallest absolute Gasteiger partial charge is 0.129 e. The highest BCUT2D eigenvalue weighted by atomic mass is 79.9. The van der Waals surface area contributed by atoms with Crippen LogP contribution >= 0.6 is 27.5 Å². The molecule has 0 radical (unpaired) electrons. The SMILES string of the molecule is Nc1c(Br)ccc2ccc(Cl)nc12. The van der Waals surface area contributed by atoms with Crippen molar-refractivity contribution < 1.29 is 0 Å². The van der Waals surface area contributed by atoms with Crippen molar-refractivity contribution in [3.8, 4) is 0 Å². The molecule has 0 aliphatic heterocycles. The maximum atomic E-state index is 5.82. The zero-order valence-corrected chi connectivity index (χ0v) is 8.93. The highest BCUT2D eigenvalue weighted by Crippen LogP contribution is 2.28. The first-order chi connectivity index (χ1) is 6.18. The van der Waals surface area contributed by atoms with Crippen LogP contribution in [0.3, 0.4) is 0 Å². The van der Waals surface area contributed by atoms with E-state index in [1.807, 2.05) is 18.2 Å². The fourth-order valence-corrected chi connectivity index (χ4v) is 1.63. The van der Waals surface area contributed by atoms with Crippen LogP contribution in [0.1, 0.15) is 0 Å². The molecule has 1 heterocycles. The highest BCUT2D eigenvalue weighted by molar-refractivity contribution is 9.10. The summed E-state index contributed by atoms with van der Waals surface area (Å²) >= 11 is 9.09. The Balaban J connectivity index is 2.89. The van der Waals surface area contributed by atoms with Gasteiger partial charge in [0.25, 0.3) is 0 Å². The molecule has 2 nitrogen and oxygen atoms in total. The Morgan fingerprint density at radius 2 is 1.92 bits per heavy atom. The van der Waals surface area contributed by atoms with Crippen LogP contribution in [-0.4, -0.2) is 4.98 Å². The normalized spacial score (nSPS) is 10.6. The largest absolute Gasteiger partial charge is 0.396 e. The Bertz CT molecular complexity index is 465. The van der Waals surface area contributed by atoms with Crippen LogP contribution in [0.5, 0.6) is 0 Å². The third-order valence-electron chi connectivity index (χ3n) is 1.81. The van der Waals surface area contributed by atoms with Gasteiger partial charge in [0.1, 0.15) is 5.15 Å². The third-order valence-corrected chi connectivity index (χ3v) is 2.72. The van der Waals surface area contributed by atoms with Crippen LogP contribution in [0, 0.1) is 0 Å². The molecular weight excluding hydrogens is 251 g/mol. The predicted octanol–water partition coefficient (Wildman–Crippen LogP) is 3.23. The summed E-state index contributed by atoms with van der Waals surface area (Å²) in [6.07, 6.45) is 0. The lowest BCUT2D eigenvalue weighted by molar-refractivity contribution is 1.41. The molecule has 1 aromatic heterocycles. The Labute approximate surface area is 88.8 Å². The second-order valence-corrected chi connectivity index (χ2v) is 3.91. The van der Waals surface area contributed by atoms with Gasteiger partial charge in [-0.05, 0) is 34.1 Å². The lowest BCUT2D eigenvalue weighted by atomic mass is 10.2. The first-order valence-electron chi connectivity index (χ1n) is 3.69. The summed E-state index contributed by atoms with van der Waals surface area (Å²) < 4.78 is 0.842. The van der Waals surface area contributed by atoms with E-state index in [2.05, 4.69) is 20.9 Å². The van der Waals surface area contributed by atoms with Crippen LogP contribution in [0.4, 0.5) is 5.69 Å². The van der Waals surface area contributed by atoms with Gasteiger partial charge < -0.3 is 5.73 Å². The number of aromatic nitrogens is 1. The van der Waals surface area contributed by atoms with Crippen molar-refractivity contribution in [1.82, 2.24) is 4.98 Å². The van der Waals surface area contributed by atoms with Crippen molar-refractivity contribution in [3.05, 3.63) is 33.9 Å². The summed E-state index contributed by atoms with van der Waals surface area (Å²) in [5.41, 5.74) is 7.18. The number of hydrogen-bond donors (Lipinski definition) is 1. The molecule has 0 unspecified atom stereocenters. The van der Waals surface area contributed by atoms with Gasteiger partial charge in [0.05, 0.1) is 11.2 Å². The predicted molar refractivity (Wildman–Crippen MR) is 58.9 cm³/mol. The van der Waals surface area contributed by atoms with Gasteiger partial charge in [-0.2, -0.15) is 0 Å². The Morgan fingerprint density at radius 3 is 2.69 bits per heavy atom. The second kappa shape index (κ2) is 3.16. The number of pyridine rings is 1. The third kappa shape index (κ3) is 1.49. The van der Waals surface area contributed by atoms with Crippen molar-refractivity contribution in [2.45, 2.75) is 0 Å². The second-order valence-electron chi connectivity index (χ2n) is 2.67. The lowest BCUT2D eigenvalue weighted by Crippen LogP contribution is -1.91. The molecular formula is C9H6BrClN2.